The number of esters is 1. The van der Waals surface area contributed by atoms with Gasteiger partial charge in [-0.05, 0) is 55.7 Å². The molecule has 25 heavy (non-hydrogen) atoms. The number of ether oxygens (including phenoxy) is 2. The molecule has 0 amide bonds. The van der Waals surface area contributed by atoms with Crippen molar-refractivity contribution in [2.45, 2.75) is 32.6 Å². The number of carbonyl (C=O) groups excluding carboxylic acids is 1. The Balaban J connectivity index is 1.61. The van der Waals surface area contributed by atoms with Gasteiger partial charge >= 0.3 is 5.97 Å². The van der Waals surface area contributed by atoms with Crippen molar-refractivity contribution in [2.24, 2.45) is 4.99 Å². The summed E-state index contributed by atoms with van der Waals surface area (Å²) in [4.78, 5) is 19.4. The number of aromatic amines is 1. The normalized spacial score (nSPS) is 15.3. The zero-order valence-electron chi connectivity index (χ0n) is 14.3. The Labute approximate surface area is 147 Å². The van der Waals surface area contributed by atoms with Gasteiger partial charge in [-0.25, -0.2) is 9.79 Å². The highest BCUT2D eigenvalue weighted by atomic mass is 16.6. The van der Waals surface area contributed by atoms with E-state index >= 15 is 0 Å². The zero-order chi connectivity index (χ0) is 17.5. The standard InChI is InChI=1S/C20H22N2O3/c1-2-3-14-24-17-11-9-15(10-12-17)19-22-18(20(23)25-19)8-4-6-16-7-5-13-21-16/h5,7-13,21H,2-4,6,14H2,1H3/b18-8-. The minimum Gasteiger partial charge on any atom is -0.494 e. The summed E-state index contributed by atoms with van der Waals surface area (Å²) in [5.74, 6) is 0.754. The third kappa shape index (κ3) is 4.59. The van der Waals surface area contributed by atoms with Crippen molar-refractivity contribution >= 4 is 11.9 Å². The van der Waals surface area contributed by atoms with Gasteiger partial charge in [0, 0.05) is 17.5 Å². The van der Waals surface area contributed by atoms with Crippen LogP contribution in [0.2, 0.25) is 0 Å². The molecule has 0 radical (unpaired) electrons. The van der Waals surface area contributed by atoms with Crippen molar-refractivity contribution in [3.05, 3.63) is 65.6 Å². The Hall–Kier alpha value is -2.82. The van der Waals surface area contributed by atoms with Crippen LogP contribution in [0.3, 0.4) is 0 Å². The number of aliphatic imine (C=N–C) groups is 1. The predicted octanol–water partition coefficient (Wildman–Crippen LogP) is 4.01. The highest BCUT2D eigenvalue weighted by Gasteiger charge is 2.23. The Kier molecular flexibility index (Phi) is 5.67. The second-order valence-corrected chi connectivity index (χ2v) is 5.86. The molecule has 1 aromatic carbocycles. The van der Waals surface area contributed by atoms with E-state index in [1.54, 1.807) is 0 Å². The second kappa shape index (κ2) is 8.33. The largest absolute Gasteiger partial charge is 0.494 e. The Morgan fingerprint density at radius 3 is 2.80 bits per heavy atom. The van der Waals surface area contributed by atoms with Gasteiger partial charge in [0.2, 0.25) is 5.90 Å². The summed E-state index contributed by atoms with van der Waals surface area (Å²) in [5, 5.41) is 0. The van der Waals surface area contributed by atoms with Crippen molar-refractivity contribution < 1.29 is 14.3 Å². The fraction of sp³-hybridized carbons (Fsp3) is 0.300. The first-order valence-electron chi connectivity index (χ1n) is 8.63. The number of cyclic esters (lactones) is 1. The van der Waals surface area contributed by atoms with Gasteiger partial charge < -0.3 is 14.5 Å². The molecule has 0 fully saturated rings. The van der Waals surface area contributed by atoms with E-state index in [0.29, 0.717) is 18.2 Å². The number of hydrogen-bond donors (Lipinski definition) is 1. The molecule has 130 valence electrons. The number of H-pyrrole nitrogens is 1. The lowest BCUT2D eigenvalue weighted by molar-refractivity contribution is -0.130. The van der Waals surface area contributed by atoms with Crippen molar-refractivity contribution in [2.75, 3.05) is 6.61 Å². The summed E-state index contributed by atoms with van der Waals surface area (Å²) in [6.45, 7) is 2.84. The summed E-state index contributed by atoms with van der Waals surface area (Å²) in [6, 6.07) is 11.4. The van der Waals surface area contributed by atoms with E-state index in [-0.39, 0.29) is 0 Å². The minimum absolute atomic E-state index is 0.344. The Morgan fingerprint density at radius 2 is 2.08 bits per heavy atom. The molecule has 0 spiro atoms. The SMILES string of the molecule is CCCCOc1ccc(C2=N/C(=C\CCc3ccc[nH]3)C(=O)O2)cc1. The molecule has 1 N–H and O–H groups in total. The van der Waals surface area contributed by atoms with Crippen molar-refractivity contribution in [3.8, 4) is 5.75 Å². The maximum Gasteiger partial charge on any atom is 0.363 e. The number of aromatic nitrogens is 1. The summed E-state index contributed by atoms with van der Waals surface area (Å²) in [6.07, 6.45) is 7.40. The van der Waals surface area contributed by atoms with Gasteiger partial charge in [0.15, 0.2) is 0 Å². The van der Waals surface area contributed by atoms with Gasteiger partial charge in [-0.2, -0.15) is 0 Å². The maximum atomic E-state index is 12.0. The van der Waals surface area contributed by atoms with Gasteiger partial charge in [0.1, 0.15) is 11.4 Å². The first kappa shape index (κ1) is 17.0. The molecule has 2 aromatic rings. The predicted molar refractivity (Wildman–Crippen MR) is 96.7 cm³/mol. The third-order valence-electron chi connectivity index (χ3n) is 3.90. The number of hydrogen-bond acceptors (Lipinski definition) is 4. The lowest BCUT2D eigenvalue weighted by Crippen LogP contribution is -2.05. The number of nitrogens with zero attached hydrogens (tertiary/aromatic N) is 1. The number of aryl methyl sites for hydroxylation is 1. The average Bonchev–Trinajstić information content (AvgIpc) is 3.26. The molecule has 0 saturated heterocycles. The summed E-state index contributed by atoms with van der Waals surface area (Å²) >= 11 is 0. The van der Waals surface area contributed by atoms with Crippen LogP contribution < -0.4 is 4.74 Å². The van der Waals surface area contributed by atoms with Crippen molar-refractivity contribution in [1.82, 2.24) is 4.98 Å². The number of allylic oxidation sites excluding steroid dienone is 1. The van der Waals surface area contributed by atoms with Crippen LogP contribution in [-0.2, 0) is 16.0 Å². The van der Waals surface area contributed by atoms with Crippen molar-refractivity contribution in [3.63, 3.8) is 0 Å². The lowest BCUT2D eigenvalue weighted by Gasteiger charge is -2.05. The first-order valence-corrected chi connectivity index (χ1v) is 8.63. The number of unbranched alkanes of at least 4 members (excludes halogenated alkanes) is 1. The molecule has 3 rings (SSSR count). The molecule has 5 heteroatoms. The van der Waals surface area contributed by atoms with Crippen LogP contribution in [-0.4, -0.2) is 23.5 Å². The van der Waals surface area contributed by atoms with Gasteiger partial charge in [-0.1, -0.05) is 19.4 Å². The van der Waals surface area contributed by atoms with Crippen LogP contribution in [0.15, 0.2) is 59.4 Å². The van der Waals surface area contributed by atoms with E-state index in [4.69, 9.17) is 9.47 Å². The van der Waals surface area contributed by atoms with E-state index in [1.807, 2.05) is 48.7 Å². The minimum atomic E-state index is -0.398. The quantitative estimate of drug-likeness (QED) is 0.449. The molecule has 0 unspecified atom stereocenters. The highest BCUT2D eigenvalue weighted by molar-refractivity contribution is 6.11. The molecule has 0 saturated carbocycles. The molecule has 1 aromatic heterocycles. The smallest absolute Gasteiger partial charge is 0.363 e. The topological polar surface area (TPSA) is 63.7 Å². The summed E-state index contributed by atoms with van der Waals surface area (Å²) in [5.41, 5.74) is 2.26. The molecule has 1 aliphatic heterocycles. The Morgan fingerprint density at radius 1 is 1.24 bits per heavy atom. The number of rotatable bonds is 8. The molecule has 5 nitrogen and oxygen atoms in total. The average molecular weight is 338 g/mol. The van der Waals surface area contributed by atoms with Crippen LogP contribution in [0.1, 0.15) is 37.4 Å². The summed E-state index contributed by atoms with van der Waals surface area (Å²) in [7, 11) is 0. The maximum absolute atomic E-state index is 12.0. The van der Waals surface area contributed by atoms with Crippen LogP contribution in [0.5, 0.6) is 5.75 Å². The van der Waals surface area contributed by atoms with E-state index < -0.39 is 5.97 Å². The van der Waals surface area contributed by atoms with Gasteiger partial charge in [0.05, 0.1) is 6.61 Å². The van der Waals surface area contributed by atoms with Crippen LogP contribution >= 0.6 is 0 Å². The number of benzene rings is 1. The van der Waals surface area contributed by atoms with Gasteiger partial charge in [-0.15, -0.1) is 0 Å². The number of carbonyl (C=O) groups is 1. The molecular formula is C20H22N2O3. The van der Waals surface area contributed by atoms with Gasteiger partial charge in [0.25, 0.3) is 0 Å². The van der Waals surface area contributed by atoms with Crippen LogP contribution in [0.25, 0.3) is 0 Å². The highest BCUT2D eigenvalue weighted by Crippen LogP contribution is 2.20. The van der Waals surface area contributed by atoms with E-state index in [2.05, 4.69) is 16.9 Å². The fourth-order valence-electron chi connectivity index (χ4n) is 2.49. The molecular weight excluding hydrogens is 316 g/mol. The molecule has 0 bridgehead atoms. The van der Waals surface area contributed by atoms with Gasteiger partial charge in [-0.3, -0.25) is 0 Å². The molecule has 2 heterocycles. The van der Waals surface area contributed by atoms with Crippen LogP contribution in [0, 0.1) is 0 Å². The summed E-state index contributed by atoms with van der Waals surface area (Å²) < 4.78 is 10.9. The number of nitrogens with one attached hydrogen (secondary N) is 1. The zero-order valence-corrected chi connectivity index (χ0v) is 14.3. The Bertz CT molecular complexity index is 759. The van der Waals surface area contributed by atoms with E-state index in [1.165, 1.54) is 0 Å². The monoisotopic (exact) mass is 338 g/mol. The van der Waals surface area contributed by atoms with E-state index in [0.717, 1.165) is 42.7 Å². The van der Waals surface area contributed by atoms with E-state index in [9.17, 15) is 4.79 Å². The molecule has 0 atom stereocenters. The first-order chi connectivity index (χ1) is 12.3. The third-order valence-corrected chi connectivity index (χ3v) is 3.90. The van der Waals surface area contributed by atoms with Crippen molar-refractivity contribution in [1.29, 1.82) is 0 Å². The lowest BCUT2D eigenvalue weighted by atomic mass is 10.2. The fourth-order valence-corrected chi connectivity index (χ4v) is 2.49. The molecule has 1 aliphatic rings. The van der Waals surface area contributed by atoms with Crippen LogP contribution in [0.4, 0.5) is 0 Å². The molecule has 0 aliphatic carbocycles. The second-order valence-electron chi connectivity index (χ2n) is 5.86.